The molecule has 4 bridgehead atoms. The van der Waals surface area contributed by atoms with Crippen LogP contribution in [0.15, 0.2) is 30.0 Å². The molecule has 4 aliphatic rings. The average molecular weight is 412 g/mol. The fourth-order valence-electron chi connectivity index (χ4n) is 6.07. The first kappa shape index (κ1) is 18.5. The monoisotopic (exact) mass is 411 g/mol. The number of aromatic amines is 1. The van der Waals surface area contributed by atoms with Gasteiger partial charge < -0.3 is 14.8 Å². The molecule has 0 saturated heterocycles. The molecule has 2 atom stereocenters. The second-order valence-electron chi connectivity index (χ2n) is 9.00. The average Bonchev–Trinajstić information content (AvgIpc) is 3.08. The third kappa shape index (κ3) is 3.08. The molecule has 150 valence electrons. The van der Waals surface area contributed by atoms with Gasteiger partial charge in [-0.1, -0.05) is 12.1 Å². The maximum atomic E-state index is 13.0. The molecule has 7 heteroatoms. The van der Waals surface area contributed by atoms with Crippen molar-refractivity contribution < 1.29 is 14.6 Å². The number of para-hydroxylation sites is 2. The number of esters is 1. The zero-order chi connectivity index (χ0) is 20.2. The van der Waals surface area contributed by atoms with E-state index in [0.717, 1.165) is 37.6 Å². The van der Waals surface area contributed by atoms with Crippen molar-refractivity contribution in [1.29, 1.82) is 5.26 Å². The molecule has 6 nitrogen and oxygen atoms in total. The molecule has 0 spiro atoms. The topological polar surface area (TPSA) is 99.0 Å². The Bertz CT molecular complexity index is 1020. The van der Waals surface area contributed by atoms with Crippen molar-refractivity contribution >= 4 is 34.2 Å². The molecule has 6 rings (SSSR count). The van der Waals surface area contributed by atoms with Gasteiger partial charge in [-0.3, -0.25) is 4.79 Å². The van der Waals surface area contributed by atoms with Crippen LogP contribution in [0.4, 0.5) is 0 Å². The van der Waals surface area contributed by atoms with Crippen molar-refractivity contribution in [3.05, 3.63) is 35.8 Å². The van der Waals surface area contributed by atoms with E-state index in [1.165, 1.54) is 0 Å². The van der Waals surface area contributed by atoms with Crippen LogP contribution >= 0.6 is 11.6 Å². The zero-order valence-corrected chi connectivity index (χ0v) is 16.7. The number of benzene rings is 1. The van der Waals surface area contributed by atoms with Crippen LogP contribution < -0.4 is 0 Å². The van der Waals surface area contributed by atoms with Gasteiger partial charge >= 0.3 is 5.97 Å². The van der Waals surface area contributed by atoms with Crippen LogP contribution in [0.2, 0.25) is 0 Å². The maximum Gasteiger partial charge on any atom is 0.312 e. The highest BCUT2D eigenvalue weighted by molar-refractivity contribution is 6.24. The first-order valence-electron chi connectivity index (χ1n) is 10.0. The molecule has 4 saturated carbocycles. The molecule has 1 aromatic carbocycles. The molecule has 4 aliphatic carbocycles. The summed E-state index contributed by atoms with van der Waals surface area (Å²) < 4.78 is 5.51. The zero-order valence-electron chi connectivity index (χ0n) is 15.9. The molecule has 2 N–H and O–H groups in total. The van der Waals surface area contributed by atoms with Gasteiger partial charge in [-0.15, -0.1) is 11.6 Å². The van der Waals surface area contributed by atoms with Gasteiger partial charge in [0.05, 0.1) is 16.4 Å². The molecular weight excluding hydrogens is 390 g/mol. The highest BCUT2D eigenvalue weighted by atomic mass is 35.5. The lowest BCUT2D eigenvalue weighted by Crippen LogP contribution is -2.56. The number of carbonyl (C=O) groups is 1. The van der Waals surface area contributed by atoms with Crippen LogP contribution in [0.3, 0.4) is 0 Å². The van der Waals surface area contributed by atoms with E-state index in [-0.39, 0.29) is 34.6 Å². The van der Waals surface area contributed by atoms with E-state index in [0.29, 0.717) is 23.8 Å². The second-order valence-corrected chi connectivity index (χ2v) is 9.81. The normalized spacial score (nSPS) is 33.4. The minimum Gasteiger partial charge on any atom is -0.507 e. The Morgan fingerprint density at radius 3 is 2.69 bits per heavy atom. The quantitative estimate of drug-likeness (QED) is 0.334. The van der Waals surface area contributed by atoms with Crippen molar-refractivity contribution in [1.82, 2.24) is 9.97 Å². The molecule has 1 heterocycles. The Morgan fingerprint density at radius 2 is 2.03 bits per heavy atom. The van der Waals surface area contributed by atoms with Crippen LogP contribution in [0.5, 0.6) is 0 Å². The summed E-state index contributed by atoms with van der Waals surface area (Å²) in [5, 5.41) is 20.0. The van der Waals surface area contributed by atoms with Gasteiger partial charge in [-0.05, 0) is 62.5 Å². The second kappa shape index (κ2) is 6.50. The fourth-order valence-corrected chi connectivity index (χ4v) is 6.77. The van der Waals surface area contributed by atoms with Crippen LogP contribution in [0, 0.1) is 28.6 Å². The van der Waals surface area contributed by atoms with Crippen molar-refractivity contribution in [2.45, 2.75) is 43.4 Å². The predicted molar refractivity (Wildman–Crippen MR) is 108 cm³/mol. The summed E-state index contributed by atoms with van der Waals surface area (Å²) in [6, 6.07) is 9.33. The van der Waals surface area contributed by atoms with Crippen LogP contribution in [0.1, 0.15) is 44.3 Å². The number of hydrogen-bond donors (Lipinski definition) is 2. The van der Waals surface area contributed by atoms with E-state index in [4.69, 9.17) is 16.3 Å². The number of nitrogens with one attached hydrogen (secondary N) is 1. The first-order valence-corrected chi connectivity index (χ1v) is 10.4. The minimum absolute atomic E-state index is 0.0201. The number of fused-ring (bicyclic) bond motifs is 1. The maximum absolute atomic E-state index is 13.0. The molecule has 0 radical (unpaired) electrons. The molecular formula is C22H22ClN3O3. The number of aliphatic hydroxyl groups is 1. The lowest BCUT2D eigenvalue weighted by atomic mass is 9.49. The lowest BCUT2D eigenvalue weighted by Gasteiger charge is -2.58. The van der Waals surface area contributed by atoms with Crippen molar-refractivity contribution in [2.24, 2.45) is 17.3 Å². The fraction of sp³-hybridized carbons (Fsp3) is 0.500. The number of H-pyrrole nitrogens is 1. The van der Waals surface area contributed by atoms with Gasteiger partial charge in [-0.25, -0.2) is 4.98 Å². The van der Waals surface area contributed by atoms with Gasteiger partial charge in [0.2, 0.25) is 0 Å². The van der Waals surface area contributed by atoms with Gasteiger partial charge in [-0.2, -0.15) is 5.26 Å². The van der Waals surface area contributed by atoms with Gasteiger partial charge in [0.15, 0.2) is 11.6 Å². The number of carbonyl (C=O) groups excluding carboxylic acids is 1. The number of rotatable bonds is 4. The molecule has 2 aromatic rings. The third-order valence-corrected chi connectivity index (χ3v) is 7.23. The van der Waals surface area contributed by atoms with E-state index >= 15 is 0 Å². The van der Waals surface area contributed by atoms with Crippen molar-refractivity contribution in [3.8, 4) is 6.07 Å². The lowest BCUT2D eigenvalue weighted by molar-refractivity contribution is -0.169. The highest BCUT2D eigenvalue weighted by Crippen LogP contribution is 2.64. The number of nitriles is 1. The standard InChI is InChI=1S/C22H22ClN3O3/c23-22-8-13-5-14(9-22)7-21(6-13,12-22)20(28)29-11-18(27)15(10-24)19-25-16-3-1-2-4-17(16)26-19/h1-4,13-14,27H,5-9,11-12H2,(H,25,26)/b18-15-. The summed E-state index contributed by atoms with van der Waals surface area (Å²) in [5.74, 6) is 0.623. The Morgan fingerprint density at radius 1 is 1.31 bits per heavy atom. The molecule has 2 unspecified atom stereocenters. The number of aromatic nitrogens is 2. The number of alkyl halides is 1. The van der Waals surface area contributed by atoms with Gasteiger partial charge in [0.1, 0.15) is 18.2 Å². The number of halogens is 1. The summed E-state index contributed by atoms with van der Waals surface area (Å²) in [4.78, 5) is 20.1. The predicted octanol–water partition coefficient (Wildman–Crippen LogP) is 4.48. The van der Waals surface area contributed by atoms with Crippen LogP contribution in [-0.2, 0) is 9.53 Å². The molecule has 0 aliphatic heterocycles. The third-order valence-electron chi connectivity index (χ3n) is 6.79. The molecule has 4 fully saturated rings. The molecule has 29 heavy (non-hydrogen) atoms. The summed E-state index contributed by atoms with van der Waals surface area (Å²) in [7, 11) is 0. The number of aliphatic hydroxyl groups excluding tert-OH is 1. The largest absolute Gasteiger partial charge is 0.507 e. The Labute approximate surface area is 173 Å². The van der Waals surface area contributed by atoms with E-state index in [9.17, 15) is 15.2 Å². The number of hydrogen-bond acceptors (Lipinski definition) is 5. The summed E-state index contributed by atoms with van der Waals surface area (Å²) in [6.07, 6.45) is 5.39. The van der Waals surface area contributed by atoms with E-state index < -0.39 is 5.41 Å². The number of imidazole rings is 1. The minimum atomic E-state index is -0.543. The first-order chi connectivity index (χ1) is 13.9. The number of allylic oxidation sites excluding steroid dienone is 1. The Balaban J connectivity index is 1.35. The Hall–Kier alpha value is -2.52. The smallest absolute Gasteiger partial charge is 0.312 e. The summed E-state index contributed by atoms with van der Waals surface area (Å²) in [5.41, 5.74) is 0.897. The van der Waals surface area contributed by atoms with Gasteiger partial charge in [0.25, 0.3) is 0 Å². The van der Waals surface area contributed by atoms with E-state index in [1.807, 2.05) is 30.3 Å². The van der Waals surface area contributed by atoms with Crippen LogP contribution in [-0.4, -0.2) is 32.5 Å². The molecule has 1 aromatic heterocycles. The Kier molecular flexibility index (Phi) is 4.15. The number of nitrogens with zero attached hydrogens (tertiary/aromatic N) is 2. The van der Waals surface area contributed by atoms with Gasteiger partial charge in [0, 0.05) is 4.87 Å². The van der Waals surface area contributed by atoms with E-state index in [2.05, 4.69) is 9.97 Å². The van der Waals surface area contributed by atoms with E-state index in [1.54, 1.807) is 0 Å². The SMILES string of the molecule is N#C/C(=C(/O)COC(=O)C12CC3CC(CC(Cl)(C3)C1)C2)c1nc2ccccc2[nH]1. The van der Waals surface area contributed by atoms with Crippen LogP contribution in [0.25, 0.3) is 16.6 Å². The highest BCUT2D eigenvalue weighted by Gasteiger charge is 2.60. The van der Waals surface area contributed by atoms with Crippen molar-refractivity contribution in [2.75, 3.05) is 6.61 Å². The molecule has 0 amide bonds. The summed E-state index contributed by atoms with van der Waals surface area (Å²) in [6.45, 7) is -0.342. The number of ether oxygens (including phenoxy) is 1. The van der Waals surface area contributed by atoms with Crippen molar-refractivity contribution in [3.63, 3.8) is 0 Å². The summed E-state index contributed by atoms with van der Waals surface area (Å²) >= 11 is 6.80.